The number of hydrogen-bond acceptors (Lipinski definition) is 5. The van der Waals surface area contributed by atoms with Gasteiger partial charge in [0.15, 0.2) is 0 Å². The van der Waals surface area contributed by atoms with Crippen LogP contribution in [0.1, 0.15) is 16.8 Å². The molecule has 0 saturated carbocycles. The Morgan fingerprint density at radius 2 is 2.29 bits per heavy atom. The fraction of sp³-hybridized carbons (Fsp3) is 0.308. The van der Waals surface area contributed by atoms with Crippen molar-refractivity contribution in [2.75, 3.05) is 23.4 Å². The van der Waals surface area contributed by atoms with E-state index < -0.39 is 5.97 Å². The first-order chi connectivity index (χ1) is 10.1. The predicted molar refractivity (Wildman–Crippen MR) is 88.9 cm³/mol. The standard InChI is InChI=1S/C13H13ClN2O3S2/c14-9-2-1-8(12(18)19)7-10(9)16-11(17)3-5-20-13-15-4-6-21-13/h1-2,7H,3-6H2,(H,16,17)(H,18,19). The molecule has 1 aromatic rings. The first kappa shape index (κ1) is 16.2. The SMILES string of the molecule is O=C(CCSC1=NCCS1)Nc1cc(C(=O)O)ccc1Cl. The topological polar surface area (TPSA) is 78.8 Å². The Labute approximate surface area is 135 Å². The van der Waals surface area contributed by atoms with E-state index in [-0.39, 0.29) is 11.5 Å². The van der Waals surface area contributed by atoms with Crippen molar-refractivity contribution in [1.82, 2.24) is 0 Å². The van der Waals surface area contributed by atoms with Gasteiger partial charge in [-0.25, -0.2) is 4.79 Å². The highest BCUT2D eigenvalue weighted by Gasteiger charge is 2.12. The summed E-state index contributed by atoms with van der Waals surface area (Å²) in [4.78, 5) is 27.0. The van der Waals surface area contributed by atoms with Gasteiger partial charge in [-0.05, 0) is 18.2 Å². The molecule has 5 nitrogen and oxygen atoms in total. The van der Waals surface area contributed by atoms with Crippen molar-refractivity contribution in [2.45, 2.75) is 6.42 Å². The van der Waals surface area contributed by atoms with Gasteiger partial charge < -0.3 is 10.4 Å². The molecule has 21 heavy (non-hydrogen) atoms. The average molecular weight is 345 g/mol. The van der Waals surface area contributed by atoms with Crippen LogP contribution in [0, 0.1) is 0 Å². The third kappa shape index (κ3) is 4.94. The van der Waals surface area contributed by atoms with E-state index in [2.05, 4.69) is 10.3 Å². The van der Waals surface area contributed by atoms with Crippen molar-refractivity contribution in [3.05, 3.63) is 28.8 Å². The summed E-state index contributed by atoms with van der Waals surface area (Å²) in [6.07, 6.45) is 0.317. The van der Waals surface area contributed by atoms with Gasteiger partial charge in [-0.15, -0.1) is 0 Å². The molecule has 1 aliphatic heterocycles. The number of thioether (sulfide) groups is 2. The van der Waals surface area contributed by atoms with Gasteiger partial charge in [0.25, 0.3) is 0 Å². The fourth-order valence-corrected chi connectivity index (χ4v) is 3.78. The molecule has 0 bridgehead atoms. The number of carbonyl (C=O) groups excluding carboxylic acids is 1. The van der Waals surface area contributed by atoms with Crippen LogP contribution < -0.4 is 5.32 Å². The molecule has 0 aromatic heterocycles. The van der Waals surface area contributed by atoms with Gasteiger partial charge in [-0.3, -0.25) is 9.79 Å². The molecule has 1 heterocycles. The summed E-state index contributed by atoms with van der Waals surface area (Å²) in [6.45, 7) is 0.844. The van der Waals surface area contributed by atoms with Crippen LogP contribution in [-0.4, -0.2) is 39.4 Å². The summed E-state index contributed by atoms with van der Waals surface area (Å²) >= 11 is 9.21. The third-order valence-electron chi connectivity index (χ3n) is 2.60. The molecule has 1 aromatic carbocycles. The first-order valence-electron chi connectivity index (χ1n) is 6.19. The normalized spacial score (nSPS) is 13.9. The second kappa shape index (κ2) is 7.72. The number of aliphatic imine (C=N–C) groups is 1. The number of hydrogen-bond donors (Lipinski definition) is 2. The van der Waals surface area contributed by atoms with Crippen molar-refractivity contribution < 1.29 is 14.7 Å². The highest BCUT2D eigenvalue weighted by atomic mass is 35.5. The Bertz CT molecular complexity index is 593. The minimum atomic E-state index is -1.06. The molecule has 0 saturated heterocycles. The largest absolute Gasteiger partial charge is 0.478 e. The number of carboxylic acids is 1. The molecule has 8 heteroatoms. The van der Waals surface area contributed by atoms with Crippen LogP contribution in [0.25, 0.3) is 0 Å². The van der Waals surface area contributed by atoms with E-state index in [1.54, 1.807) is 23.5 Å². The lowest BCUT2D eigenvalue weighted by Gasteiger charge is -2.08. The number of carbonyl (C=O) groups is 2. The smallest absolute Gasteiger partial charge is 0.335 e. The van der Waals surface area contributed by atoms with Crippen LogP contribution in [0.2, 0.25) is 5.02 Å². The maximum absolute atomic E-state index is 11.8. The lowest BCUT2D eigenvalue weighted by molar-refractivity contribution is -0.115. The zero-order valence-electron chi connectivity index (χ0n) is 11.0. The number of nitrogens with zero attached hydrogens (tertiary/aromatic N) is 1. The molecule has 1 aliphatic rings. The third-order valence-corrected chi connectivity index (χ3v) is 5.18. The number of halogens is 1. The van der Waals surface area contributed by atoms with Crippen molar-refractivity contribution in [3.63, 3.8) is 0 Å². The zero-order valence-corrected chi connectivity index (χ0v) is 13.4. The van der Waals surface area contributed by atoms with Crippen molar-refractivity contribution in [3.8, 4) is 0 Å². The van der Waals surface area contributed by atoms with Crippen LogP contribution in [0.3, 0.4) is 0 Å². The Morgan fingerprint density at radius 1 is 1.48 bits per heavy atom. The van der Waals surface area contributed by atoms with E-state index in [0.29, 0.717) is 22.9 Å². The molecule has 0 aliphatic carbocycles. The van der Waals surface area contributed by atoms with Gasteiger partial charge in [-0.1, -0.05) is 35.1 Å². The lowest BCUT2D eigenvalue weighted by atomic mass is 10.2. The number of amides is 1. The van der Waals surface area contributed by atoms with Crippen molar-refractivity contribution >= 4 is 57.1 Å². The average Bonchev–Trinajstić information content (AvgIpc) is 2.94. The van der Waals surface area contributed by atoms with E-state index in [0.717, 1.165) is 16.7 Å². The second-order valence-corrected chi connectivity index (χ2v) is 6.98. The first-order valence-corrected chi connectivity index (χ1v) is 8.54. The molecular formula is C13H13ClN2O3S2. The summed E-state index contributed by atoms with van der Waals surface area (Å²) < 4.78 is 1.02. The van der Waals surface area contributed by atoms with E-state index in [4.69, 9.17) is 16.7 Å². The maximum Gasteiger partial charge on any atom is 0.335 e. The quantitative estimate of drug-likeness (QED) is 0.857. The summed E-state index contributed by atoms with van der Waals surface area (Å²) in [6, 6.07) is 4.21. The van der Waals surface area contributed by atoms with Crippen LogP contribution >= 0.6 is 35.1 Å². The Kier molecular flexibility index (Phi) is 5.96. The summed E-state index contributed by atoms with van der Waals surface area (Å²) in [5.74, 6) is 0.379. The number of carboxylic acid groups (broad SMARTS) is 1. The molecule has 0 atom stereocenters. The molecule has 0 spiro atoms. The van der Waals surface area contributed by atoms with E-state index >= 15 is 0 Å². The second-order valence-electron chi connectivity index (χ2n) is 4.14. The van der Waals surface area contributed by atoms with E-state index in [9.17, 15) is 9.59 Å². The molecule has 2 N–H and O–H groups in total. The Morgan fingerprint density at radius 3 is 2.95 bits per heavy atom. The van der Waals surface area contributed by atoms with Crippen LogP contribution in [-0.2, 0) is 4.79 Å². The minimum Gasteiger partial charge on any atom is -0.478 e. The fourth-order valence-electron chi connectivity index (χ4n) is 1.60. The number of benzene rings is 1. The number of nitrogens with one attached hydrogen (secondary N) is 1. The highest BCUT2D eigenvalue weighted by Crippen LogP contribution is 2.25. The Balaban J connectivity index is 1.86. The van der Waals surface area contributed by atoms with Crippen LogP contribution in [0.5, 0.6) is 0 Å². The van der Waals surface area contributed by atoms with Gasteiger partial charge >= 0.3 is 5.97 Å². The van der Waals surface area contributed by atoms with E-state index in [1.807, 2.05) is 0 Å². The summed E-state index contributed by atoms with van der Waals surface area (Å²) in [5, 5.41) is 11.9. The molecule has 1 amide bonds. The predicted octanol–water partition coefficient (Wildman–Crippen LogP) is 3.20. The maximum atomic E-state index is 11.8. The summed E-state index contributed by atoms with van der Waals surface area (Å²) in [7, 11) is 0. The molecular weight excluding hydrogens is 332 g/mol. The minimum absolute atomic E-state index is 0.0841. The lowest BCUT2D eigenvalue weighted by Crippen LogP contribution is -2.13. The number of rotatable bonds is 5. The monoisotopic (exact) mass is 344 g/mol. The highest BCUT2D eigenvalue weighted by molar-refractivity contribution is 8.39. The molecule has 2 rings (SSSR count). The van der Waals surface area contributed by atoms with Gasteiger partial charge in [0.05, 0.1) is 22.8 Å². The molecule has 112 valence electrons. The Hall–Kier alpha value is -1.18. The van der Waals surface area contributed by atoms with Gasteiger partial charge in [0.2, 0.25) is 5.91 Å². The molecule has 0 fully saturated rings. The number of aromatic carboxylic acids is 1. The number of anilines is 1. The molecule has 0 unspecified atom stereocenters. The van der Waals surface area contributed by atoms with E-state index in [1.165, 1.54) is 18.2 Å². The van der Waals surface area contributed by atoms with Crippen molar-refractivity contribution in [1.29, 1.82) is 0 Å². The van der Waals surface area contributed by atoms with Crippen LogP contribution in [0.15, 0.2) is 23.2 Å². The van der Waals surface area contributed by atoms with Gasteiger partial charge in [-0.2, -0.15) is 0 Å². The summed E-state index contributed by atoms with van der Waals surface area (Å²) in [5.41, 5.74) is 0.403. The molecule has 0 radical (unpaired) electrons. The van der Waals surface area contributed by atoms with Gasteiger partial charge in [0, 0.05) is 17.9 Å². The van der Waals surface area contributed by atoms with Crippen LogP contribution in [0.4, 0.5) is 5.69 Å². The van der Waals surface area contributed by atoms with Crippen molar-refractivity contribution in [2.24, 2.45) is 4.99 Å². The zero-order chi connectivity index (χ0) is 15.2. The van der Waals surface area contributed by atoms with Gasteiger partial charge in [0.1, 0.15) is 4.38 Å².